The summed E-state index contributed by atoms with van der Waals surface area (Å²) in [5.41, 5.74) is 0. The molecule has 94 valence electrons. The maximum absolute atomic E-state index is 10.7. The molecule has 0 radical (unpaired) electrons. The molecule has 0 spiro atoms. The minimum absolute atomic E-state index is 0.0944. The number of carbonyl (C=O) groups is 1. The van der Waals surface area contributed by atoms with Crippen molar-refractivity contribution in [1.82, 2.24) is 0 Å². The number of hydrogen-bond acceptors (Lipinski definition) is 2. The molecule has 1 aliphatic carbocycles. The number of carboxylic acid groups (broad SMARTS) is 1. The van der Waals surface area contributed by atoms with Crippen LogP contribution in [0.2, 0.25) is 18.1 Å². The van der Waals surface area contributed by atoms with Gasteiger partial charge in [-0.3, -0.25) is 4.79 Å². The van der Waals surface area contributed by atoms with Crippen molar-refractivity contribution in [2.24, 2.45) is 11.8 Å². The molecule has 0 aromatic carbocycles. The predicted molar refractivity (Wildman–Crippen MR) is 67.0 cm³/mol. The van der Waals surface area contributed by atoms with Gasteiger partial charge in [-0.25, -0.2) is 0 Å². The van der Waals surface area contributed by atoms with Crippen molar-refractivity contribution < 1.29 is 14.3 Å². The summed E-state index contributed by atoms with van der Waals surface area (Å²) in [5.74, 6) is -0.373. The Labute approximate surface area is 99.3 Å². The summed E-state index contributed by atoms with van der Waals surface area (Å²) in [4.78, 5) is 10.7. The van der Waals surface area contributed by atoms with Gasteiger partial charge in [0, 0.05) is 6.61 Å². The molecule has 2 atom stereocenters. The summed E-state index contributed by atoms with van der Waals surface area (Å²) < 4.78 is 6.02. The first kappa shape index (κ1) is 13.7. The highest BCUT2D eigenvalue weighted by molar-refractivity contribution is 6.74. The molecule has 0 aliphatic heterocycles. The Morgan fingerprint density at radius 1 is 1.44 bits per heavy atom. The summed E-state index contributed by atoms with van der Waals surface area (Å²) >= 11 is 0. The van der Waals surface area contributed by atoms with Crippen molar-refractivity contribution in [3.63, 3.8) is 0 Å². The van der Waals surface area contributed by atoms with Gasteiger partial charge < -0.3 is 9.53 Å². The molecule has 0 aromatic rings. The van der Waals surface area contributed by atoms with Crippen LogP contribution in [0.4, 0.5) is 0 Å². The number of aliphatic carboxylic acids is 1. The molecular formula is C12H24O3Si. The van der Waals surface area contributed by atoms with E-state index in [4.69, 9.17) is 9.53 Å². The quantitative estimate of drug-likeness (QED) is 0.756. The molecule has 1 aliphatic rings. The van der Waals surface area contributed by atoms with Crippen LogP contribution in [-0.4, -0.2) is 26.0 Å². The maximum Gasteiger partial charge on any atom is 0.306 e. The SMILES string of the molecule is CC(C)(C)[Si](C)(C)OCC[C@@H]1C[C@H]1C(=O)O. The Morgan fingerprint density at radius 2 is 2.00 bits per heavy atom. The maximum atomic E-state index is 10.7. The van der Waals surface area contributed by atoms with Crippen LogP contribution in [-0.2, 0) is 9.22 Å². The second-order valence-corrected chi connectivity index (χ2v) is 11.1. The van der Waals surface area contributed by atoms with Crippen LogP contribution in [0.3, 0.4) is 0 Å². The fraction of sp³-hybridized carbons (Fsp3) is 0.917. The first-order chi connectivity index (χ1) is 7.15. The molecule has 1 rings (SSSR count). The molecule has 0 unspecified atom stereocenters. The molecule has 3 nitrogen and oxygen atoms in total. The summed E-state index contributed by atoms with van der Waals surface area (Å²) in [6.45, 7) is 11.8. The van der Waals surface area contributed by atoms with Gasteiger partial charge >= 0.3 is 5.97 Å². The van der Waals surface area contributed by atoms with E-state index in [0.29, 0.717) is 5.92 Å². The Bertz CT molecular complexity index is 268. The molecule has 0 amide bonds. The second-order valence-electron chi connectivity index (χ2n) is 6.34. The fourth-order valence-corrected chi connectivity index (χ4v) is 2.61. The minimum Gasteiger partial charge on any atom is -0.481 e. The molecule has 0 bridgehead atoms. The average molecular weight is 244 g/mol. The zero-order valence-corrected chi connectivity index (χ0v) is 12.0. The van der Waals surface area contributed by atoms with Crippen LogP contribution in [0.25, 0.3) is 0 Å². The monoisotopic (exact) mass is 244 g/mol. The third-order valence-corrected chi connectivity index (χ3v) is 8.54. The van der Waals surface area contributed by atoms with Crippen molar-refractivity contribution >= 4 is 14.3 Å². The normalized spacial score (nSPS) is 25.6. The largest absolute Gasteiger partial charge is 0.481 e. The molecule has 4 heteroatoms. The topological polar surface area (TPSA) is 46.5 Å². The van der Waals surface area contributed by atoms with Crippen molar-refractivity contribution in [2.45, 2.75) is 51.7 Å². The van der Waals surface area contributed by atoms with E-state index >= 15 is 0 Å². The van der Waals surface area contributed by atoms with E-state index in [2.05, 4.69) is 33.9 Å². The third kappa shape index (κ3) is 3.32. The highest BCUT2D eigenvalue weighted by atomic mass is 28.4. The highest BCUT2D eigenvalue weighted by Crippen LogP contribution is 2.42. The smallest absolute Gasteiger partial charge is 0.306 e. The fourth-order valence-electron chi connectivity index (χ4n) is 1.55. The first-order valence-electron chi connectivity index (χ1n) is 6.02. The Balaban J connectivity index is 2.24. The molecule has 1 N–H and O–H groups in total. The van der Waals surface area contributed by atoms with Crippen LogP contribution in [0, 0.1) is 11.8 Å². The van der Waals surface area contributed by atoms with Gasteiger partial charge in [0.25, 0.3) is 0 Å². The highest BCUT2D eigenvalue weighted by Gasteiger charge is 2.43. The second kappa shape index (κ2) is 4.49. The van der Waals surface area contributed by atoms with E-state index in [1.54, 1.807) is 0 Å². The lowest BCUT2D eigenvalue weighted by atomic mass is 10.2. The summed E-state index contributed by atoms with van der Waals surface area (Å²) in [5, 5.41) is 9.02. The van der Waals surface area contributed by atoms with Crippen molar-refractivity contribution in [3.8, 4) is 0 Å². The lowest BCUT2D eigenvalue weighted by molar-refractivity contribution is -0.138. The van der Waals surface area contributed by atoms with E-state index < -0.39 is 14.3 Å². The molecular weight excluding hydrogens is 220 g/mol. The van der Waals surface area contributed by atoms with Gasteiger partial charge in [0.15, 0.2) is 8.32 Å². The predicted octanol–water partition coefficient (Wildman–Crippen LogP) is 3.12. The van der Waals surface area contributed by atoms with Crippen LogP contribution in [0.5, 0.6) is 0 Å². The van der Waals surface area contributed by atoms with E-state index in [9.17, 15) is 4.79 Å². The Morgan fingerprint density at radius 3 is 2.38 bits per heavy atom. The summed E-state index contributed by atoms with van der Waals surface area (Å²) in [7, 11) is -1.64. The molecule has 1 saturated carbocycles. The summed E-state index contributed by atoms with van der Waals surface area (Å²) in [6.07, 6.45) is 1.75. The molecule has 0 aromatic heterocycles. The van der Waals surface area contributed by atoms with Crippen LogP contribution < -0.4 is 0 Å². The third-order valence-electron chi connectivity index (χ3n) is 4.00. The number of rotatable bonds is 5. The van der Waals surface area contributed by atoms with Crippen molar-refractivity contribution in [3.05, 3.63) is 0 Å². The molecule has 16 heavy (non-hydrogen) atoms. The Hall–Kier alpha value is -0.353. The number of carboxylic acids is 1. The van der Waals surface area contributed by atoms with Gasteiger partial charge in [0.05, 0.1) is 5.92 Å². The van der Waals surface area contributed by atoms with Crippen LogP contribution in [0.15, 0.2) is 0 Å². The number of hydrogen-bond donors (Lipinski definition) is 1. The first-order valence-corrected chi connectivity index (χ1v) is 8.93. The van der Waals surface area contributed by atoms with E-state index in [0.717, 1.165) is 19.4 Å². The van der Waals surface area contributed by atoms with Crippen LogP contribution >= 0.6 is 0 Å². The van der Waals surface area contributed by atoms with Gasteiger partial charge in [-0.2, -0.15) is 0 Å². The van der Waals surface area contributed by atoms with Gasteiger partial charge in [-0.15, -0.1) is 0 Å². The van der Waals surface area contributed by atoms with Gasteiger partial charge in [0.2, 0.25) is 0 Å². The van der Waals surface area contributed by atoms with E-state index in [1.807, 2.05) is 0 Å². The standard InChI is InChI=1S/C12H24O3Si/c1-12(2,3)16(4,5)15-7-6-9-8-10(9)11(13)14/h9-10H,6-8H2,1-5H3,(H,13,14)/t9-,10-/m1/s1. The van der Waals surface area contributed by atoms with Gasteiger partial charge in [-0.05, 0) is 36.9 Å². The van der Waals surface area contributed by atoms with E-state index in [1.165, 1.54) is 0 Å². The zero-order chi connectivity index (χ0) is 12.6. The lowest BCUT2D eigenvalue weighted by Crippen LogP contribution is -2.41. The minimum atomic E-state index is -1.64. The molecule has 1 fully saturated rings. The van der Waals surface area contributed by atoms with Crippen molar-refractivity contribution in [2.75, 3.05) is 6.61 Å². The van der Waals surface area contributed by atoms with Crippen molar-refractivity contribution in [1.29, 1.82) is 0 Å². The molecule has 0 saturated heterocycles. The van der Waals surface area contributed by atoms with E-state index in [-0.39, 0.29) is 11.0 Å². The van der Waals surface area contributed by atoms with Gasteiger partial charge in [0.1, 0.15) is 0 Å². The Kier molecular flexibility index (Phi) is 3.85. The van der Waals surface area contributed by atoms with Crippen LogP contribution in [0.1, 0.15) is 33.6 Å². The zero-order valence-electron chi connectivity index (χ0n) is 11.0. The lowest BCUT2D eigenvalue weighted by Gasteiger charge is -2.36. The van der Waals surface area contributed by atoms with Gasteiger partial charge in [-0.1, -0.05) is 20.8 Å². The average Bonchev–Trinajstić information content (AvgIpc) is 2.81. The molecule has 0 heterocycles. The summed E-state index contributed by atoms with van der Waals surface area (Å²) in [6, 6.07) is 0.